The molecule has 1 aromatic carbocycles. The fourth-order valence-electron chi connectivity index (χ4n) is 2.14. The first-order valence-electron chi connectivity index (χ1n) is 6.71. The zero-order valence-electron chi connectivity index (χ0n) is 12.2. The third-order valence-corrected chi connectivity index (χ3v) is 4.08. The lowest BCUT2D eigenvalue weighted by Gasteiger charge is -2.32. The average Bonchev–Trinajstić information content (AvgIpc) is 2.97. The Labute approximate surface area is 119 Å². The van der Waals surface area contributed by atoms with Crippen molar-refractivity contribution < 1.29 is 9.31 Å². The second-order valence-corrected chi connectivity index (χ2v) is 6.03. The molecule has 2 aromatic rings. The lowest BCUT2D eigenvalue weighted by atomic mass is 9.79. The largest absolute Gasteiger partial charge is 0.494 e. The molecule has 0 amide bonds. The topological polar surface area (TPSA) is 49.2 Å². The average molecular weight is 271 g/mol. The molecule has 1 saturated heterocycles. The summed E-state index contributed by atoms with van der Waals surface area (Å²) in [5, 5.41) is 7.82. The van der Waals surface area contributed by atoms with Gasteiger partial charge in [-0.25, -0.2) is 4.68 Å². The third kappa shape index (κ3) is 2.15. The molecule has 0 radical (unpaired) electrons. The van der Waals surface area contributed by atoms with Gasteiger partial charge in [0.15, 0.2) is 0 Å². The molecule has 0 saturated carbocycles. The summed E-state index contributed by atoms with van der Waals surface area (Å²) >= 11 is 0. The standard InChI is InChI=1S/C14H18BN3O2/c1-13(2)14(3,4)20-15(19-13)11-6-5-7-12(10-11)18-9-8-16-17-18/h5-10H,1-4H3. The van der Waals surface area contributed by atoms with Gasteiger partial charge in [-0.2, -0.15) is 0 Å². The van der Waals surface area contributed by atoms with E-state index in [1.54, 1.807) is 10.9 Å². The molecule has 5 nitrogen and oxygen atoms in total. The van der Waals surface area contributed by atoms with Gasteiger partial charge in [0.25, 0.3) is 0 Å². The zero-order chi connectivity index (χ0) is 14.4. The first kappa shape index (κ1) is 13.3. The fourth-order valence-corrected chi connectivity index (χ4v) is 2.14. The summed E-state index contributed by atoms with van der Waals surface area (Å²) in [6.45, 7) is 8.20. The van der Waals surface area contributed by atoms with Gasteiger partial charge in [-0.15, -0.1) is 5.10 Å². The van der Waals surface area contributed by atoms with E-state index in [0.29, 0.717) is 0 Å². The Morgan fingerprint density at radius 1 is 1.10 bits per heavy atom. The van der Waals surface area contributed by atoms with Gasteiger partial charge in [-0.1, -0.05) is 17.3 Å². The van der Waals surface area contributed by atoms with E-state index in [4.69, 9.17) is 9.31 Å². The Balaban J connectivity index is 1.91. The van der Waals surface area contributed by atoms with Gasteiger partial charge in [0.2, 0.25) is 0 Å². The van der Waals surface area contributed by atoms with Gasteiger partial charge < -0.3 is 9.31 Å². The summed E-state index contributed by atoms with van der Waals surface area (Å²) in [6.07, 6.45) is 3.46. The highest BCUT2D eigenvalue weighted by Gasteiger charge is 2.51. The van der Waals surface area contributed by atoms with Crippen molar-refractivity contribution in [3.63, 3.8) is 0 Å². The van der Waals surface area contributed by atoms with Crippen molar-refractivity contribution in [2.45, 2.75) is 38.9 Å². The molecule has 1 aromatic heterocycles. The van der Waals surface area contributed by atoms with Crippen LogP contribution in [0.15, 0.2) is 36.7 Å². The maximum atomic E-state index is 6.05. The van der Waals surface area contributed by atoms with Gasteiger partial charge in [-0.05, 0) is 45.3 Å². The van der Waals surface area contributed by atoms with Crippen LogP contribution in [0.2, 0.25) is 0 Å². The van der Waals surface area contributed by atoms with Crippen molar-refractivity contribution in [2.75, 3.05) is 0 Å². The molecule has 2 heterocycles. The van der Waals surface area contributed by atoms with Gasteiger partial charge in [0.1, 0.15) is 0 Å². The summed E-state index contributed by atoms with van der Waals surface area (Å²) in [5.41, 5.74) is 1.26. The normalized spacial score (nSPS) is 20.3. The minimum atomic E-state index is -0.358. The Bertz CT molecular complexity index is 595. The molecule has 20 heavy (non-hydrogen) atoms. The van der Waals surface area contributed by atoms with E-state index in [2.05, 4.69) is 10.3 Å². The summed E-state index contributed by atoms with van der Waals surface area (Å²) in [6, 6.07) is 7.96. The van der Waals surface area contributed by atoms with E-state index in [1.807, 2.05) is 58.2 Å². The molecule has 6 heteroatoms. The van der Waals surface area contributed by atoms with E-state index in [-0.39, 0.29) is 18.3 Å². The summed E-state index contributed by atoms with van der Waals surface area (Å²) in [4.78, 5) is 0. The van der Waals surface area contributed by atoms with E-state index < -0.39 is 0 Å². The molecule has 1 aliphatic rings. The lowest BCUT2D eigenvalue weighted by Crippen LogP contribution is -2.41. The van der Waals surface area contributed by atoms with Crippen molar-refractivity contribution in [1.29, 1.82) is 0 Å². The number of benzene rings is 1. The monoisotopic (exact) mass is 271 g/mol. The van der Waals surface area contributed by atoms with Crippen LogP contribution in [0.5, 0.6) is 0 Å². The second kappa shape index (κ2) is 4.43. The predicted molar refractivity (Wildman–Crippen MR) is 77.1 cm³/mol. The Morgan fingerprint density at radius 3 is 2.40 bits per heavy atom. The van der Waals surface area contributed by atoms with Crippen molar-refractivity contribution in [2.24, 2.45) is 0 Å². The van der Waals surface area contributed by atoms with Crippen LogP contribution in [0, 0.1) is 0 Å². The molecule has 1 fully saturated rings. The molecule has 1 aliphatic heterocycles. The van der Waals surface area contributed by atoms with Gasteiger partial charge in [0, 0.05) is 0 Å². The van der Waals surface area contributed by atoms with Crippen LogP contribution in [-0.2, 0) is 9.31 Å². The third-order valence-electron chi connectivity index (χ3n) is 4.08. The summed E-state index contributed by atoms with van der Waals surface area (Å²) < 4.78 is 13.8. The van der Waals surface area contributed by atoms with Crippen molar-refractivity contribution in [3.05, 3.63) is 36.7 Å². The van der Waals surface area contributed by atoms with Crippen LogP contribution < -0.4 is 5.46 Å². The van der Waals surface area contributed by atoms with E-state index >= 15 is 0 Å². The molecular weight excluding hydrogens is 253 g/mol. The van der Waals surface area contributed by atoms with Gasteiger partial charge in [-0.3, -0.25) is 0 Å². The smallest absolute Gasteiger partial charge is 0.399 e. The molecule has 0 atom stereocenters. The Kier molecular flexibility index (Phi) is 2.95. The quantitative estimate of drug-likeness (QED) is 0.778. The lowest BCUT2D eigenvalue weighted by molar-refractivity contribution is 0.00578. The van der Waals surface area contributed by atoms with Gasteiger partial charge in [0.05, 0.1) is 29.3 Å². The van der Waals surface area contributed by atoms with Crippen LogP contribution in [-0.4, -0.2) is 33.3 Å². The molecule has 0 N–H and O–H groups in total. The van der Waals surface area contributed by atoms with E-state index in [0.717, 1.165) is 11.2 Å². The SMILES string of the molecule is CC1(C)OB(c2cccc(-n3ccnn3)c2)OC1(C)C. The molecule has 0 bridgehead atoms. The minimum absolute atomic E-state index is 0.332. The van der Waals surface area contributed by atoms with Crippen LogP contribution >= 0.6 is 0 Å². The van der Waals surface area contributed by atoms with Gasteiger partial charge >= 0.3 is 7.12 Å². The number of hydrogen-bond acceptors (Lipinski definition) is 4. The Hall–Kier alpha value is -1.66. The molecule has 0 aliphatic carbocycles. The highest BCUT2D eigenvalue weighted by Crippen LogP contribution is 2.36. The number of aromatic nitrogens is 3. The second-order valence-electron chi connectivity index (χ2n) is 6.03. The number of nitrogens with zero attached hydrogens (tertiary/aromatic N) is 3. The maximum Gasteiger partial charge on any atom is 0.494 e. The van der Waals surface area contributed by atoms with E-state index in [9.17, 15) is 0 Å². The fraction of sp³-hybridized carbons (Fsp3) is 0.429. The summed E-state index contributed by atoms with van der Waals surface area (Å²) in [5.74, 6) is 0. The van der Waals surface area contributed by atoms with Crippen LogP contribution in [0.25, 0.3) is 5.69 Å². The van der Waals surface area contributed by atoms with Crippen LogP contribution in [0.4, 0.5) is 0 Å². The minimum Gasteiger partial charge on any atom is -0.399 e. The molecule has 104 valence electrons. The highest BCUT2D eigenvalue weighted by molar-refractivity contribution is 6.62. The van der Waals surface area contributed by atoms with Crippen LogP contribution in [0.1, 0.15) is 27.7 Å². The maximum absolute atomic E-state index is 6.05. The molecule has 0 unspecified atom stereocenters. The van der Waals surface area contributed by atoms with Crippen molar-refractivity contribution >= 4 is 12.6 Å². The Morgan fingerprint density at radius 2 is 1.80 bits per heavy atom. The van der Waals surface area contributed by atoms with Crippen molar-refractivity contribution in [1.82, 2.24) is 15.0 Å². The number of hydrogen-bond donors (Lipinski definition) is 0. The molecule has 3 rings (SSSR count). The highest BCUT2D eigenvalue weighted by atomic mass is 16.7. The first-order valence-corrected chi connectivity index (χ1v) is 6.71. The molecular formula is C14H18BN3O2. The zero-order valence-corrected chi connectivity index (χ0v) is 12.2. The predicted octanol–water partition coefficient (Wildman–Crippen LogP) is 1.57. The number of rotatable bonds is 2. The van der Waals surface area contributed by atoms with Crippen molar-refractivity contribution in [3.8, 4) is 5.69 Å². The molecule has 0 spiro atoms. The van der Waals surface area contributed by atoms with Crippen LogP contribution in [0.3, 0.4) is 0 Å². The van der Waals surface area contributed by atoms with E-state index in [1.165, 1.54) is 0 Å². The summed E-state index contributed by atoms with van der Waals surface area (Å²) in [7, 11) is -0.358. The first-order chi connectivity index (χ1) is 9.39.